The van der Waals surface area contributed by atoms with Gasteiger partial charge >= 0.3 is 0 Å². The van der Waals surface area contributed by atoms with Gasteiger partial charge in [0.2, 0.25) is 5.91 Å². The van der Waals surface area contributed by atoms with Gasteiger partial charge in [-0.15, -0.1) is 11.8 Å². The molecule has 4 rings (SSSR count). The SMILES string of the molecule is Cc1cccc(N2C(=O)CSC2c2ccc(NC(=O)c3ccccc3Cl)cc2)c1. The van der Waals surface area contributed by atoms with Gasteiger partial charge in [-0.05, 0) is 54.4 Å². The van der Waals surface area contributed by atoms with E-state index in [1.807, 2.05) is 60.4 Å². The van der Waals surface area contributed by atoms with Crippen LogP contribution < -0.4 is 10.2 Å². The summed E-state index contributed by atoms with van der Waals surface area (Å²) in [6, 6.07) is 22.5. The number of halogens is 1. The molecule has 6 heteroatoms. The van der Waals surface area contributed by atoms with E-state index < -0.39 is 0 Å². The zero-order chi connectivity index (χ0) is 20.4. The largest absolute Gasteiger partial charge is 0.322 e. The fourth-order valence-corrected chi connectivity index (χ4v) is 4.70. The molecule has 146 valence electrons. The molecule has 1 N–H and O–H groups in total. The number of aryl methyl sites for hydroxylation is 1. The van der Waals surface area contributed by atoms with Crippen molar-refractivity contribution in [2.75, 3.05) is 16.0 Å². The van der Waals surface area contributed by atoms with Crippen molar-refractivity contribution < 1.29 is 9.59 Å². The van der Waals surface area contributed by atoms with Gasteiger partial charge < -0.3 is 5.32 Å². The molecule has 1 atom stereocenters. The number of hydrogen-bond donors (Lipinski definition) is 1. The summed E-state index contributed by atoms with van der Waals surface area (Å²) in [7, 11) is 0. The van der Waals surface area contributed by atoms with E-state index in [0.717, 1.165) is 16.8 Å². The minimum atomic E-state index is -0.254. The number of thioether (sulfide) groups is 1. The van der Waals surface area contributed by atoms with Crippen LogP contribution in [0.5, 0.6) is 0 Å². The Morgan fingerprint density at radius 2 is 1.83 bits per heavy atom. The fraction of sp³-hybridized carbons (Fsp3) is 0.130. The standard InChI is InChI=1S/C23H19ClN2O2S/c1-15-5-4-6-18(13-15)26-21(27)14-29-23(26)16-9-11-17(12-10-16)25-22(28)19-7-2-3-8-20(19)24/h2-13,23H,14H2,1H3,(H,25,28). The first kappa shape index (κ1) is 19.6. The molecular weight excluding hydrogens is 404 g/mol. The highest BCUT2D eigenvalue weighted by molar-refractivity contribution is 8.00. The number of carbonyl (C=O) groups excluding carboxylic acids is 2. The minimum absolute atomic E-state index is 0.0855. The molecule has 0 aromatic heterocycles. The second-order valence-electron chi connectivity index (χ2n) is 6.82. The smallest absolute Gasteiger partial charge is 0.257 e. The molecule has 2 amide bonds. The Kier molecular flexibility index (Phi) is 5.60. The average Bonchev–Trinajstić information content (AvgIpc) is 3.10. The van der Waals surface area contributed by atoms with Crippen LogP contribution >= 0.6 is 23.4 Å². The van der Waals surface area contributed by atoms with Gasteiger partial charge in [0.05, 0.1) is 16.3 Å². The molecule has 1 unspecified atom stereocenters. The molecule has 4 nitrogen and oxygen atoms in total. The molecule has 1 fully saturated rings. The van der Waals surface area contributed by atoms with Crippen molar-refractivity contribution in [1.82, 2.24) is 0 Å². The lowest BCUT2D eigenvalue weighted by Crippen LogP contribution is -2.27. The molecule has 29 heavy (non-hydrogen) atoms. The first-order chi connectivity index (χ1) is 14.0. The van der Waals surface area contributed by atoms with Gasteiger partial charge in [-0.2, -0.15) is 0 Å². The first-order valence-electron chi connectivity index (χ1n) is 9.19. The number of hydrogen-bond acceptors (Lipinski definition) is 3. The zero-order valence-corrected chi connectivity index (χ0v) is 17.3. The quantitative estimate of drug-likeness (QED) is 0.588. The third kappa shape index (κ3) is 4.16. The Labute approximate surface area is 178 Å². The summed E-state index contributed by atoms with van der Waals surface area (Å²) in [6.45, 7) is 2.02. The first-order valence-corrected chi connectivity index (χ1v) is 10.6. The van der Waals surface area contributed by atoms with E-state index in [-0.39, 0.29) is 17.2 Å². The van der Waals surface area contributed by atoms with Crippen molar-refractivity contribution in [1.29, 1.82) is 0 Å². The molecule has 1 heterocycles. The molecule has 3 aromatic rings. The van der Waals surface area contributed by atoms with Crippen molar-refractivity contribution in [2.24, 2.45) is 0 Å². The van der Waals surface area contributed by atoms with Crippen LogP contribution in [0.1, 0.15) is 26.9 Å². The maximum absolute atomic E-state index is 12.5. The van der Waals surface area contributed by atoms with Crippen LogP contribution in [0.25, 0.3) is 0 Å². The molecule has 0 spiro atoms. The summed E-state index contributed by atoms with van der Waals surface area (Å²) in [6.07, 6.45) is 0. The molecule has 0 aliphatic carbocycles. The van der Waals surface area contributed by atoms with Gasteiger partial charge in [0.25, 0.3) is 5.91 Å². The molecule has 0 bridgehead atoms. The monoisotopic (exact) mass is 422 g/mol. The predicted octanol–water partition coefficient (Wildman–Crippen LogP) is 5.68. The van der Waals surface area contributed by atoms with Gasteiger partial charge in [0.15, 0.2) is 0 Å². The van der Waals surface area contributed by atoms with Gasteiger partial charge in [-0.25, -0.2) is 0 Å². The van der Waals surface area contributed by atoms with E-state index in [1.165, 1.54) is 0 Å². The fourth-order valence-electron chi connectivity index (χ4n) is 3.30. The van der Waals surface area contributed by atoms with E-state index >= 15 is 0 Å². The number of nitrogens with one attached hydrogen (secondary N) is 1. The number of nitrogens with zero attached hydrogens (tertiary/aromatic N) is 1. The summed E-state index contributed by atoms with van der Waals surface area (Å²) in [4.78, 5) is 26.8. The van der Waals surface area contributed by atoms with E-state index in [0.29, 0.717) is 22.0 Å². The minimum Gasteiger partial charge on any atom is -0.322 e. The lowest BCUT2D eigenvalue weighted by Gasteiger charge is -2.25. The van der Waals surface area contributed by atoms with Gasteiger partial charge in [0.1, 0.15) is 5.37 Å². The van der Waals surface area contributed by atoms with E-state index in [2.05, 4.69) is 5.32 Å². The van der Waals surface area contributed by atoms with Crippen LogP contribution in [0, 0.1) is 6.92 Å². The summed E-state index contributed by atoms with van der Waals surface area (Å²) in [5.74, 6) is 0.292. The normalized spacial score (nSPS) is 16.1. The molecule has 1 saturated heterocycles. The van der Waals surface area contributed by atoms with Crippen LogP contribution in [0.15, 0.2) is 72.8 Å². The van der Waals surface area contributed by atoms with E-state index in [4.69, 9.17) is 11.6 Å². The van der Waals surface area contributed by atoms with Gasteiger partial charge in [-0.3, -0.25) is 14.5 Å². The van der Waals surface area contributed by atoms with Crippen molar-refractivity contribution in [3.8, 4) is 0 Å². The zero-order valence-electron chi connectivity index (χ0n) is 15.8. The topological polar surface area (TPSA) is 49.4 Å². The molecule has 1 aliphatic heterocycles. The molecule has 0 saturated carbocycles. The van der Waals surface area contributed by atoms with Crippen LogP contribution in [0.3, 0.4) is 0 Å². The maximum atomic E-state index is 12.5. The summed E-state index contributed by atoms with van der Waals surface area (Å²) < 4.78 is 0. The highest BCUT2D eigenvalue weighted by Gasteiger charge is 2.34. The molecule has 0 radical (unpaired) electrons. The predicted molar refractivity (Wildman–Crippen MR) is 120 cm³/mol. The Morgan fingerprint density at radius 3 is 2.55 bits per heavy atom. The number of carbonyl (C=O) groups is 2. The van der Waals surface area contributed by atoms with Crippen molar-refractivity contribution in [3.63, 3.8) is 0 Å². The Hall–Kier alpha value is -2.76. The molecule has 3 aromatic carbocycles. The highest BCUT2D eigenvalue weighted by atomic mass is 35.5. The summed E-state index contributed by atoms with van der Waals surface area (Å²) in [5.41, 5.74) is 4.14. The molecular formula is C23H19ClN2O2S. The van der Waals surface area contributed by atoms with Crippen molar-refractivity contribution in [3.05, 3.63) is 94.5 Å². The Morgan fingerprint density at radius 1 is 1.07 bits per heavy atom. The van der Waals surface area contributed by atoms with Crippen LogP contribution in [-0.2, 0) is 4.79 Å². The lowest BCUT2D eigenvalue weighted by molar-refractivity contribution is -0.115. The van der Waals surface area contributed by atoms with E-state index in [1.54, 1.807) is 36.0 Å². The van der Waals surface area contributed by atoms with Gasteiger partial charge in [-0.1, -0.05) is 48.0 Å². The lowest BCUT2D eigenvalue weighted by atomic mass is 10.1. The van der Waals surface area contributed by atoms with Crippen molar-refractivity contribution >= 4 is 46.6 Å². The maximum Gasteiger partial charge on any atom is 0.257 e. The van der Waals surface area contributed by atoms with Crippen LogP contribution in [0.2, 0.25) is 5.02 Å². The number of amides is 2. The number of rotatable bonds is 4. The van der Waals surface area contributed by atoms with Crippen LogP contribution in [-0.4, -0.2) is 17.6 Å². The second kappa shape index (κ2) is 8.31. The number of benzene rings is 3. The summed E-state index contributed by atoms with van der Waals surface area (Å²) in [5, 5.41) is 3.19. The van der Waals surface area contributed by atoms with E-state index in [9.17, 15) is 9.59 Å². The van der Waals surface area contributed by atoms with Gasteiger partial charge in [0, 0.05) is 11.4 Å². The Balaban J connectivity index is 1.53. The van der Waals surface area contributed by atoms with Crippen molar-refractivity contribution in [2.45, 2.75) is 12.3 Å². The average molecular weight is 423 g/mol. The third-order valence-electron chi connectivity index (χ3n) is 4.72. The highest BCUT2D eigenvalue weighted by Crippen LogP contribution is 2.42. The Bertz CT molecular complexity index is 1070. The third-order valence-corrected chi connectivity index (χ3v) is 6.26. The second-order valence-corrected chi connectivity index (χ2v) is 8.30. The number of anilines is 2. The molecule has 1 aliphatic rings. The van der Waals surface area contributed by atoms with Crippen LogP contribution in [0.4, 0.5) is 11.4 Å². The summed E-state index contributed by atoms with van der Waals surface area (Å²) >= 11 is 7.70.